The number of fused-ring (bicyclic) bond motifs is 1. The average Bonchev–Trinajstić information content (AvgIpc) is 2.54. The first-order valence-electron chi connectivity index (χ1n) is 6.68. The number of carbonyl (C=O) groups is 2. The van der Waals surface area contributed by atoms with E-state index in [1.54, 1.807) is 30.3 Å². The van der Waals surface area contributed by atoms with Gasteiger partial charge in [-0.05, 0) is 17.7 Å². The third-order valence-corrected chi connectivity index (χ3v) is 3.47. The third-order valence-electron chi connectivity index (χ3n) is 3.47. The number of aromatic carboxylic acids is 2. The van der Waals surface area contributed by atoms with E-state index in [2.05, 4.69) is 4.98 Å². The molecule has 6 nitrogen and oxygen atoms in total. The van der Waals surface area contributed by atoms with Gasteiger partial charge in [0.25, 0.3) is 0 Å². The van der Waals surface area contributed by atoms with Crippen molar-refractivity contribution in [2.75, 3.05) is 0 Å². The number of aromatic nitrogens is 1. The molecule has 3 N–H and O–H groups in total. The van der Waals surface area contributed by atoms with Crippen LogP contribution in [0.3, 0.4) is 0 Å². The summed E-state index contributed by atoms with van der Waals surface area (Å²) in [6.45, 7) is 0. The van der Waals surface area contributed by atoms with Crippen LogP contribution in [0.15, 0.2) is 48.5 Å². The molecule has 3 aromatic rings. The second-order valence-corrected chi connectivity index (χ2v) is 4.86. The monoisotopic (exact) mass is 309 g/mol. The Morgan fingerprint density at radius 2 is 1.57 bits per heavy atom. The molecule has 23 heavy (non-hydrogen) atoms. The average molecular weight is 309 g/mol. The number of pyridine rings is 1. The van der Waals surface area contributed by atoms with Gasteiger partial charge < -0.3 is 15.3 Å². The number of nitrogens with zero attached hydrogens (tertiary/aromatic N) is 1. The highest BCUT2D eigenvalue weighted by Crippen LogP contribution is 2.37. The molecule has 0 amide bonds. The maximum absolute atomic E-state index is 11.7. The molecule has 0 aliphatic rings. The zero-order chi connectivity index (χ0) is 16.6. The number of aromatic hydroxyl groups is 1. The Bertz CT molecular complexity index is 935. The van der Waals surface area contributed by atoms with Gasteiger partial charge >= 0.3 is 11.9 Å². The van der Waals surface area contributed by atoms with E-state index in [4.69, 9.17) is 0 Å². The van der Waals surface area contributed by atoms with Gasteiger partial charge in [-0.1, -0.05) is 36.4 Å². The van der Waals surface area contributed by atoms with Crippen LogP contribution in [-0.4, -0.2) is 32.2 Å². The minimum Gasteiger partial charge on any atom is -0.507 e. The highest BCUT2D eigenvalue weighted by Gasteiger charge is 2.26. The largest absolute Gasteiger partial charge is 0.507 e. The van der Waals surface area contributed by atoms with Gasteiger partial charge in [0.2, 0.25) is 0 Å². The Labute approximate surface area is 130 Å². The van der Waals surface area contributed by atoms with Gasteiger partial charge in [0.1, 0.15) is 11.3 Å². The van der Waals surface area contributed by atoms with Crippen molar-refractivity contribution in [1.82, 2.24) is 4.98 Å². The Morgan fingerprint density at radius 3 is 2.17 bits per heavy atom. The summed E-state index contributed by atoms with van der Waals surface area (Å²) in [7, 11) is 0. The van der Waals surface area contributed by atoms with Crippen LogP contribution in [-0.2, 0) is 0 Å². The highest BCUT2D eigenvalue weighted by atomic mass is 16.4. The summed E-state index contributed by atoms with van der Waals surface area (Å²) in [6, 6.07) is 12.9. The lowest BCUT2D eigenvalue weighted by molar-refractivity contribution is 0.0647. The van der Waals surface area contributed by atoms with E-state index in [0.717, 1.165) is 0 Å². The fourth-order valence-corrected chi connectivity index (χ4v) is 2.55. The number of benzene rings is 2. The molecule has 0 unspecified atom stereocenters. The molecule has 0 saturated carbocycles. The minimum absolute atomic E-state index is 0.138. The quantitative estimate of drug-likeness (QED) is 0.686. The molecule has 6 heteroatoms. The van der Waals surface area contributed by atoms with Crippen molar-refractivity contribution >= 4 is 22.8 Å². The molecule has 0 bridgehead atoms. The molecule has 2 aromatic carbocycles. The summed E-state index contributed by atoms with van der Waals surface area (Å²) in [5.74, 6) is -3.02. The van der Waals surface area contributed by atoms with Crippen LogP contribution in [0.5, 0.6) is 5.75 Å². The van der Waals surface area contributed by atoms with E-state index in [9.17, 15) is 24.9 Å². The van der Waals surface area contributed by atoms with Crippen molar-refractivity contribution in [3.63, 3.8) is 0 Å². The predicted molar refractivity (Wildman–Crippen MR) is 82.8 cm³/mol. The molecular weight excluding hydrogens is 298 g/mol. The second-order valence-electron chi connectivity index (χ2n) is 4.86. The van der Waals surface area contributed by atoms with Gasteiger partial charge in [0, 0.05) is 5.56 Å². The molecule has 0 spiro atoms. The van der Waals surface area contributed by atoms with E-state index in [-0.39, 0.29) is 22.2 Å². The van der Waals surface area contributed by atoms with Gasteiger partial charge in [-0.15, -0.1) is 0 Å². The van der Waals surface area contributed by atoms with Crippen molar-refractivity contribution in [2.24, 2.45) is 0 Å². The number of phenols is 1. The molecule has 0 aliphatic heterocycles. The van der Waals surface area contributed by atoms with Crippen LogP contribution in [0.2, 0.25) is 0 Å². The van der Waals surface area contributed by atoms with Crippen LogP contribution in [0, 0.1) is 0 Å². The number of phenolic OH excluding ortho intramolecular Hbond substituents is 1. The molecular formula is C17H11NO5. The van der Waals surface area contributed by atoms with Crippen molar-refractivity contribution in [3.05, 3.63) is 59.8 Å². The summed E-state index contributed by atoms with van der Waals surface area (Å²) in [5.41, 5.74) is -0.168. The normalized spacial score (nSPS) is 10.6. The molecule has 0 atom stereocenters. The first-order chi connectivity index (χ1) is 11.0. The second kappa shape index (κ2) is 5.42. The van der Waals surface area contributed by atoms with Crippen LogP contribution >= 0.6 is 0 Å². The number of hydrogen-bond donors (Lipinski definition) is 3. The van der Waals surface area contributed by atoms with Crippen molar-refractivity contribution < 1.29 is 24.9 Å². The van der Waals surface area contributed by atoms with Gasteiger partial charge in [0.05, 0.1) is 10.9 Å². The Hall–Kier alpha value is -3.41. The van der Waals surface area contributed by atoms with E-state index < -0.39 is 23.2 Å². The van der Waals surface area contributed by atoms with Gasteiger partial charge in [-0.3, -0.25) is 0 Å². The van der Waals surface area contributed by atoms with Crippen molar-refractivity contribution in [1.29, 1.82) is 0 Å². The zero-order valence-electron chi connectivity index (χ0n) is 11.7. The summed E-state index contributed by atoms with van der Waals surface area (Å²) in [4.78, 5) is 27.0. The molecule has 0 fully saturated rings. The van der Waals surface area contributed by atoms with Crippen molar-refractivity contribution in [2.45, 2.75) is 0 Å². The third kappa shape index (κ3) is 2.36. The maximum Gasteiger partial charge on any atom is 0.355 e. The molecule has 0 radical (unpaired) electrons. The maximum atomic E-state index is 11.7. The minimum atomic E-state index is -1.44. The molecule has 0 saturated heterocycles. The highest BCUT2D eigenvalue weighted by molar-refractivity contribution is 6.13. The summed E-state index contributed by atoms with van der Waals surface area (Å²) < 4.78 is 0. The van der Waals surface area contributed by atoms with Gasteiger partial charge in [-0.25, -0.2) is 14.6 Å². The lowest BCUT2D eigenvalue weighted by Gasteiger charge is -2.14. The molecule has 1 heterocycles. The standard InChI is InChI=1S/C17H11NO5/c19-11-8-4-7-10-13(11)12(9-5-2-1-3-6-9)14(16(20)21)15(18-10)17(22)23/h1-8,19H,(H,20,21)(H,22,23). The number of carboxylic acid groups (broad SMARTS) is 2. The molecule has 114 valence electrons. The Morgan fingerprint density at radius 1 is 0.870 bits per heavy atom. The van der Waals surface area contributed by atoms with Crippen molar-refractivity contribution in [3.8, 4) is 16.9 Å². The summed E-state index contributed by atoms with van der Waals surface area (Å²) in [6.07, 6.45) is 0. The lowest BCUT2D eigenvalue weighted by atomic mass is 9.93. The summed E-state index contributed by atoms with van der Waals surface area (Å²) >= 11 is 0. The fourth-order valence-electron chi connectivity index (χ4n) is 2.55. The molecule has 0 aliphatic carbocycles. The fraction of sp³-hybridized carbons (Fsp3) is 0. The van der Waals surface area contributed by atoms with Gasteiger partial charge in [0.15, 0.2) is 5.69 Å². The zero-order valence-corrected chi connectivity index (χ0v) is 11.7. The first-order valence-corrected chi connectivity index (χ1v) is 6.68. The first kappa shape index (κ1) is 14.5. The Balaban J connectivity index is 2.58. The molecule has 3 rings (SSSR count). The van der Waals surface area contributed by atoms with Crippen LogP contribution in [0.1, 0.15) is 20.8 Å². The van der Waals surface area contributed by atoms with E-state index in [1.807, 2.05) is 0 Å². The number of rotatable bonds is 3. The SMILES string of the molecule is O=C(O)c1nc2cccc(O)c2c(-c2ccccc2)c1C(=O)O. The van der Waals surface area contributed by atoms with Crippen LogP contribution < -0.4 is 0 Å². The van der Waals surface area contributed by atoms with Gasteiger partial charge in [-0.2, -0.15) is 0 Å². The van der Waals surface area contributed by atoms with E-state index >= 15 is 0 Å². The van der Waals surface area contributed by atoms with Crippen LogP contribution in [0.25, 0.3) is 22.0 Å². The predicted octanol–water partition coefficient (Wildman–Crippen LogP) is 3.00. The van der Waals surface area contributed by atoms with E-state index in [0.29, 0.717) is 5.56 Å². The summed E-state index contributed by atoms with van der Waals surface area (Å²) in [5, 5.41) is 29.2. The number of hydrogen-bond acceptors (Lipinski definition) is 4. The van der Waals surface area contributed by atoms with Crippen LogP contribution in [0.4, 0.5) is 0 Å². The Kier molecular flexibility index (Phi) is 3.42. The van der Waals surface area contributed by atoms with E-state index in [1.165, 1.54) is 18.2 Å². The lowest BCUT2D eigenvalue weighted by Crippen LogP contribution is -2.13. The topological polar surface area (TPSA) is 108 Å². The smallest absolute Gasteiger partial charge is 0.355 e. The molecule has 1 aromatic heterocycles. The number of carboxylic acids is 2.